The number of carboxylic acids is 1. The number of carboxylic acid groups (broad SMARTS) is 1. The second kappa shape index (κ2) is 5.82. The molecular formula is C11H21NO4S. The van der Waals surface area contributed by atoms with E-state index in [1.54, 1.807) is 0 Å². The van der Waals surface area contributed by atoms with E-state index in [0.29, 0.717) is 6.42 Å². The van der Waals surface area contributed by atoms with Crippen molar-refractivity contribution in [1.29, 1.82) is 0 Å². The molecule has 0 aliphatic heterocycles. The third kappa shape index (κ3) is 4.63. The SMILES string of the molecule is CCCCS(=O)(=O)NCC1(CC(=O)O)CCC1. The van der Waals surface area contributed by atoms with E-state index >= 15 is 0 Å². The van der Waals surface area contributed by atoms with Gasteiger partial charge in [-0.3, -0.25) is 4.79 Å². The van der Waals surface area contributed by atoms with Crippen molar-refractivity contribution < 1.29 is 18.3 Å². The van der Waals surface area contributed by atoms with Gasteiger partial charge in [-0.05, 0) is 24.7 Å². The smallest absolute Gasteiger partial charge is 0.303 e. The normalized spacial score (nSPS) is 18.6. The fourth-order valence-corrected chi connectivity index (χ4v) is 3.42. The van der Waals surface area contributed by atoms with Crippen LogP contribution in [0.15, 0.2) is 0 Å². The molecule has 1 rings (SSSR count). The number of unbranched alkanes of at least 4 members (excludes halogenated alkanes) is 1. The van der Waals surface area contributed by atoms with Gasteiger partial charge in [0.15, 0.2) is 0 Å². The van der Waals surface area contributed by atoms with Gasteiger partial charge in [-0.15, -0.1) is 0 Å². The average molecular weight is 263 g/mol. The van der Waals surface area contributed by atoms with Crippen molar-refractivity contribution in [3.63, 3.8) is 0 Å². The molecule has 0 atom stereocenters. The molecule has 0 radical (unpaired) electrons. The molecule has 0 saturated heterocycles. The first-order chi connectivity index (χ1) is 7.89. The van der Waals surface area contributed by atoms with Crippen LogP contribution in [0.2, 0.25) is 0 Å². The summed E-state index contributed by atoms with van der Waals surface area (Å²) in [7, 11) is -3.23. The maximum atomic E-state index is 11.6. The first kappa shape index (κ1) is 14.4. The minimum Gasteiger partial charge on any atom is -0.481 e. The first-order valence-corrected chi connectivity index (χ1v) is 7.73. The summed E-state index contributed by atoms with van der Waals surface area (Å²) in [5.41, 5.74) is -0.342. The molecule has 0 aromatic rings. The number of hydrogen-bond donors (Lipinski definition) is 2. The molecule has 5 nitrogen and oxygen atoms in total. The fourth-order valence-electron chi connectivity index (χ4n) is 2.08. The molecule has 0 heterocycles. The van der Waals surface area contributed by atoms with Gasteiger partial charge < -0.3 is 5.11 Å². The van der Waals surface area contributed by atoms with Crippen molar-refractivity contribution in [2.75, 3.05) is 12.3 Å². The van der Waals surface area contributed by atoms with Gasteiger partial charge in [-0.1, -0.05) is 19.8 Å². The summed E-state index contributed by atoms with van der Waals surface area (Å²) < 4.78 is 25.8. The summed E-state index contributed by atoms with van der Waals surface area (Å²) in [4.78, 5) is 10.7. The lowest BCUT2D eigenvalue weighted by molar-refractivity contribution is -0.141. The molecule has 0 spiro atoms. The molecule has 1 aliphatic carbocycles. The van der Waals surface area contributed by atoms with Gasteiger partial charge in [-0.25, -0.2) is 13.1 Å². The summed E-state index contributed by atoms with van der Waals surface area (Å²) in [5.74, 6) is -0.718. The van der Waals surface area contributed by atoms with Gasteiger partial charge in [-0.2, -0.15) is 0 Å². The van der Waals surface area contributed by atoms with E-state index in [0.717, 1.165) is 25.7 Å². The molecule has 0 aromatic heterocycles. The maximum absolute atomic E-state index is 11.6. The highest BCUT2D eigenvalue weighted by Gasteiger charge is 2.39. The van der Waals surface area contributed by atoms with Crippen molar-refractivity contribution in [2.24, 2.45) is 5.41 Å². The summed E-state index contributed by atoms with van der Waals surface area (Å²) in [5, 5.41) is 8.81. The standard InChI is InChI=1S/C11H21NO4S/c1-2-3-7-17(15,16)12-9-11(5-4-6-11)8-10(13)14/h12H,2-9H2,1H3,(H,13,14). The molecule has 0 aromatic carbocycles. The molecule has 1 aliphatic rings. The monoisotopic (exact) mass is 263 g/mol. The molecule has 0 unspecified atom stereocenters. The zero-order valence-corrected chi connectivity index (χ0v) is 11.1. The van der Waals surface area contributed by atoms with Crippen molar-refractivity contribution in [2.45, 2.75) is 45.4 Å². The van der Waals surface area contributed by atoms with Crippen LogP contribution in [0.4, 0.5) is 0 Å². The van der Waals surface area contributed by atoms with E-state index in [1.807, 2.05) is 6.92 Å². The van der Waals surface area contributed by atoms with Crippen LogP contribution >= 0.6 is 0 Å². The quantitative estimate of drug-likeness (QED) is 0.692. The summed E-state index contributed by atoms with van der Waals surface area (Å²) in [6.07, 6.45) is 4.13. The lowest BCUT2D eigenvalue weighted by Crippen LogP contribution is -2.44. The van der Waals surface area contributed by atoms with Crippen LogP contribution in [0, 0.1) is 5.41 Å². The average Bonchev–Trinajstić information content (AvgIpc) is 2.18. The van der Waals surface area contributed by atoms with E-state index in [4.69, 9.17) is 5.11 Å². The Morgan fingerprint density at radius 3 is 2.47 bits per heavy atom. The second-order valence-electron chi connectivity index (χ2n) is 4.92. The van der Waals surface area contributed by atoms with E-state index in [-0.39, 0.29) is 24.1 Å². The molecule has 0 amide bonds. The van der Waals surface area contributed by atoms with Crippen LogP contribution in [0.5, 0.6) is 0 Å². The highest BCUT2D eigenvalue weighted by atomic mass is 32.2. The molecule has 0 bridgehead atoms. The Labute approximate surface area is 103 Å². The molecule has 2 N–H and O–H groups in total. The summed E-state index contributed by atoms with van der Waals surface area (Å²) in [6, 6.07) is 0. The summed E-state index contributed by atoms with van der Waals surface area (Å²) in [6.45, 7) is 2.21. The zero-order chi connectivity index (χ0) is 12.9. The van der Waals surface area contributed by atoms with Gasteiger partial charge in [0.25, 0.3) is 0 Å². The van der Waals surface area contributed by atoms with Crippen LogP contribution < -0.4 is 4.72 Å². The van der Waals surface area contributed by atoms with E-state index < -0.39 is 16.0 Å². The number of sulfonamides is 1. The highest BCUT2D eigenvalue weighted by Crippen LogP contribution is 2.43. The van der Waals surface area contributed by atoms with Crippen molar-refractivity contribution >= 4 is 16.0 Å². The Morgan fingerprint density at radius 1 is 1.41 bits per heavy atom. The molecular weight excluding hydrogens is 242 g/mol. The molecule has 6 heteroatoms. The van der Waals surface area contributed by atoms with Gasteiger partial charge in [0.05, 0.1) is 12.2 Å². The fraction of sp³-hybridized carbons (Fsp3) is 0.909. The van der Waals surface area contributed by atoms with Gasteiger partial charge in [0.1, 0.15) is 0 Å². The lowest BCUT2D eigenvalue weighted by atomic mass is 9.67. The first-order valence-electron chi connectivity index (χ1n) is 6.08. The van der Waals surface area contributed by atoms with E-state index in [9.17, 15) is 13.2 Å². The van der Waals surface area contributed by atoms with E-state index in [1.165, 1.54) is 0 Å². The maximum Gasteiger partial charge on any atom is 0.303 e. The van der Waals surface area contributed by atoms with E-state index in [2.05, 4.69) is 4.72 Å². The van der Waals surface area contributed by atoms with Crippen molar-refractivity contribution in [1.82, 2.24) is 4.72 Å². The minimum absolute atomic E-state index is 0.0588. The Hall–Kier alpha value is -0.620. The van der Waals surface area contributed by atoms with Crippen LogP contribution in [-0.2, 0) is 14.8 Å². The largest absolute Gasteiger partial charge is 0.481 e. The highest BCUT2D eigenvalue weighted by molar-refractivity contribution is 7.89. The van der Waals surface area contributed by atoms with Crippen LogP contribution in [0.1, 0.15) is 45.4 Å². The number of rotatable bonds is 8. The Kier molecular flexibility index (Phi) is 4.94. The molecule has 100 valence electrons. The van der Waals surface area contributed by atoms with Gasteiger partial charge in [0.2, 0.25) is 10.0 Å². The number of carbonyl (C=O) groups is 1. The minimum atomic E-state index is -3.23. The van der Waals surface area contributed by atoms with Gasteiger partial charge >= 0.3 is 5.97 Å². The van der Waals surface area contributed by atoms with Gasteiger partial charge in [0, 0.05) is 6.54 Å². The Morgan fingerprint density at radius 2 is 2.06 bits per heavy atom. The predicted octanol–water partition coefficient (Wildman–Crippen LogP) is 1.35. The van der Waals surface area contributed by atoms with Crippen LogP contribution in [0.25, 0.3) is 0 Å². The number of hydrogen-bond acceptors (Lipinski definition) is 3. The van der Waals surface area contributed by atoms with Crippen LogP contribution in [0.3, 0.4) is 0 Å². The topological polar surface area (TPSA) is 83.5 Å². The second-order valence-corrected chi connectivity index (χ2v) is 6.84. The third-order valence-corrected chi connectivity index (χ3v) is 4.78. The van der Waals surface area contributed by atoms with Crippen molar-refractivity contribution in [3.05, 3.63) is 0 Å². The molecule has 1 fully saturated rings. The predicted molar refractivity (Wildman–Crippen MR) is 65.2 cm³/mol. The third-order valence-electron chi connectivity index (χ3n) is 3.37. The molecule has 1 saturated carbocycles. The van der Waals surface area contributed by atoms with Crippen molar-refractivity contribution in [3.8, 4) is 0 Å². The summed E-state index contributed by atoms with van der Waals surface area (Å²) >= 11 is 0. The molecule has 17 heavy (non-hydrogen) atoms. The number of aliphatic carboxylic acids is 1. The lowest BCUT2D eigenvalue weighted by Gasteiger charge is -2.40. The Balaban J connectivity index is 2.45. The van der Waals surface area contributed by atoms with Crippen LogP contribution in [-0.4, -0.2) is 31.8 Å². The zero-order valence-electron chi connectivity index (χ0n) is 10.2. The number of nitrogens with one attached hydrogen (secondary N) is 1. The Bertz CT molecular complexity index is 360.